The van der Waals surface area contributed by atoms with Crippen molar-refractivity contribution < 1.29 is 4.42 Å². The molecule has 49 heavy (non-hydrogen) atoms. The molecular weight excluding hydrogens is 641 g/mol. The molecule has 0 unspecified atom stereocenters. The molecule has 5 heterocycles. The monoisotopic (exact) mass is 668 g/mol. The van der Waals surface area contributed by atoms with Crippen LogP contribution < -0.4 is 9.80 Å². The Morgan fingerprint density at radius 1 is 0.429 bits per heavy atom. The molecular formula is C42H28N4OS2. The summed E-state index contributed by atoms with van der Waals surface area (Å²) in [6, 6.07) is 50.8. The SMILES string of the molecule is c1cncc(N(c2ccc(-c3cc4ccccc4s3)cc2)c2ccc(N(c3ccc(-c4cc5ccccc5s4)cc3)c3cccnc3)o2)c1. The van der Waals surface area contributed by atoms with E-state index >= 15 is 0 Å². The first kappa shape index (κ1) is 29.1. The molecule has 0 spiro atoms. The second-order valence-electron chi connectivity index (χ2n) is 11.6. The zero-order valence-electron chi connectivity index (χ0n) is 26.2. The molecule has 234 valence electrons. The summed E-state index contributed by atoms with van der Waals surface area (Å²) in [7, 11) is 0. The standard InChI is InChI=1S/C42H28N4OS2/c1-3-11-37-31(7-1)25-39(48-37)29-13-17-33(18-14-29)45(35-9-5-23-43-27-35)41-21-22-42(47-41)46(36-10-6-24-44-28-36)34-19-15-30(16-20-34)40-26-32-8-2-4-12-38(32)49-40/h1-28H. The highest BCUT2D eigenvalue weighted by Gasteiger charge is 2.21. The van der Waals surface area contributed by atoms with Gasteiger partial charge in [-0.3, -0.25) is 19.8 Å². The number of nitrogens with zero attached hydrogens (tertiary/aromatic N) is 4. The number of rotatable bonds is 8. The van der Waals surface area contributed by atoms with E-state index < -0.39 is 0 Å². The summed E-state index contributed by atoms with van der Waals surface area (Å²) < 4.78 is 9.31. The first-order valence-electron chi connectivity index (χ1n) is 16.0. The second kappa shape index (κ2) is 12.5. The first-order chi connectivity index (χ1) is 24.3. The molecule has 0 N–H and O–H groups in total. The van der Waals surface area contributed by atoms with Crippen LogP contribution in [-0.2, 0) is 0 Å². The van der Waals surface area contributed by atoms with Crippen LogP contribution in [0.15, 0.2) is 175 Å². The van der Waals surface area contributed by atoms with E-state index in [1.54, 1.807) is 12.4 Å². The van der Waals surface area contributed by atoms with Crippen LogP contribution in [0.1, 0.15) is 0 Å². The molecule has 0 atom stereocenters. The van der Waals surface area contributed by atoms with Gasteiger partial charge in [0.2, 0.25) is 11.8 Å². The van der Waals surface area contributed by atoms with Gasteiger partial charge in [0.05, 0.1) is 23.8 Å². The highest BCUT2D eigenvalue weighted by molar-refractivity contribution is 7.22. The lowest BCUT2D eigenvalue weighted by atomic mass is 10.1. The van der Waals surface area contributed by atoms with Gasteiger partial charge in [-0.1, -0.05) is 60.7 Å². The van der Waals surface area contributed by atoms with Gasteiger partial charge in [-0.25, -0.2) is 0 Å². The van der Waals surface area contributed by atoms with Crippen molar-refractivity contribution in [1.29, 1.82) is 0 Å². The highest BCUT2D eigenvalue weighted by atomic mass is 32.1. The van der Waals surface area contributed by atoms with Gasteiger partial charge in [0.1, 0.15) is 0 Å². The summed E-state index contributed by atoms with van der Waals surface area (Å²) in [6.45, 7) is 0. The minimum atomic E-state index is 0.674. The number of aromatic nitrogens is 2. The number of thiophene rings is 2. The normalized spacial score (nSPS) is 11.3. The van der Waals surface area contributed by atoms with E-state index in [-0.39, 0.29) is 0 Å². The Bertz CT molecular complexity index is 2260. The Labute approximate surface area is 291 Å². The third-order valence-corrected chi connectivity index (χ3v) is 10.8. The van der Waals surface area contributed by atoms with Crippen molar-refractivity contribution in [2.24, 2.45) is 0 Å². The molecule has 0 fully saturated rings. The smallest absolute Gasteiger partial charge is 0.207 e. The van der Waals surface area contributed by atoms with Gasteiger partial charge in [-0.15, -0.1) is 22.7 Å². The van der Waals surface area contributed by atoms with E-state index in [1.807, 2.05) is 71.5 Å². The molecule has 5 aromatic heterocycles. The van der Waals surface area contributed by atoms with Crippen LogP contribution >= 0.6 is 22.7 Å². The zero-order valence-corrected chi connectivity index (χ0v) is 27.8. The van der Waals surface area contributed by atoms with Gasteiger partial charge in [-0.2, -0.15) is 0 Å². The molecule has 5 nitrogen and oxygen atoms in total. The maximum atomic E-state index is 6.74. The Morgan fingerprint density at radius 3 is 1.29 bits per heavy atom. The van der Waals surface area contributed by atoms with Gasteiger partial charge in [0, 0.05) is 55.1 Å². The van der Waals surface area contributed by atoms with E-state index in [2.05, 4.69) is 129 Å². The molecule has 9 rings (SSSR count). The Kier molecular flexibility index (Phi) is 7.46. The van der Waals surface area contributed by atoms with E-state index in [1.165, 1.54) is 41.1 Å². The zero-order chi connectivity index (χ0) is 32.6. The number of pyridine rings is 2. The van der Waals surface area contributed by atoms with Gasteiger partial charge in [-0.05, 0) is 94.7 Å². The van der Waals surface area contributed by atoms with Crippen molar-refractivity contribution >= 4 is 77.4 Å². The number of anilines is 6. The number of hydrogen-bond donors (Lipinski definition) is 0. The average Bonchev–Trinajstić information content (AvgIpc) is 3.93. The Balaban J connectivity index is 1.08. The maximum Gasteiger partial charge on any atom is 0.207 e. The third kappa shape index (κ3) is 5.65. The summed E-state index contributed by atoms with van der Waals surface area (Å²) in [5.41, 5.74) is 6.10. The summed E-state index contributed by atoms with van der Waals surface area (Å²) in [6.07, 6.45) is 7.28. The minimum absolute atomic E-state index is 0.674. The number of fused-ring (bicyclic) bond motifs is 2. The minimum Gasteiger partial charge on any atom is -0.424 e. The van der Waals surface area contributed by atoms with Crippen molar-refractivity contribution in [3.63, 3.8) is 0 Å². The first-order valence-corrected chi connectivity index (χ1v) is 17.6. The third-order valence-electron chi connectivity index (χ3n) is 8.50. The summed E-state index contributed by atoms with van der Waals surface area (Å²) in [5, 5.41) is 2.53. The Hall–Kier alpha value is -6.02. The van der Waals surface area contributed by atoms with E-state index in [4.69, 9.17) is 4.42 Å². The van der Waals surface area contributed by atoms with Gasteiger partial charge in [0.15, 0.2) is 0 Å². The van der Waals surface area contributed by atoms with Crippen LogP contribution in [0.5, 0.6) is 0 Å². The van der Waals surface area contributed by atoms with Gasteiger partial charge < -0.3 is 4.42 Å². The molecule has 0 saturated heterocycles. The van der Waals surface area contributed by atoms with Crippen molar-refractivity contribution in [3.05, 3.63) is 170 Å². The molecule has 0 bridgehead atoms. The lowest BCUT2D eigenvalue weighted by Gasteiger charge is -2.24. The van der Waals surface area contributed by atoms with Crippen LogP contribution in [0.2, 0.25) is 0 Å². The molecule has 9 aromatic rings. The van der Waals surface area contributed by atoms with Crippen LogP contribution in [-0.4, -0.2) is 9.97 Å². The highest BCUT2D eigenvalue weighted by Crippen LogP contribution is 2.43. The fourth-order valence-electron chi connectivity index (χ4n) is 6.14. The Morgan fingerprint density at radius 2 is 0.878 bits per heavy atom. The van der Waals surface area contributed by atoms with Crippen molar-refractivity contribution in [3.8, 4) is 20.9 Å². The van der Waals surface area contributed by atoms with Crippen molar-refractivity contribution in [2.45, 2.75) is 0 Å². The molecule has 7 heteroatoms. The molecule has 0 radical (unpaired) electrons. The quantitative estimate of drug-likeness (QED) is 0.161. The topological polar surface area (TPSA) is 45.4 Å². The predicted molar refractivity (Wildman–Crippen MR) is 205 cm³/mol. The average molecular weight is 669 g/mol. The van der Waals surface area contributed by atoms with Gasteiger partial charge >= 0.3 is 0 Å². The van der Waals surface area contributed by atoms with Crippen LogP contribution in [0, 0.1) is 0 Å². The lowest BCUT2D eigenvalue weighted by Crippen LogP contribution is -2.10. The molecule has 0 aliphatic rings. The van der Waals surface area contributed by atoms with Gasteiger partial charge in [0.25, 0.3) is 0 Å². The molecule has 0 saturated carbocycles. The summed E-state index contributed by atoms with van der Waals surface area (Å²) in [4.78, 5) is 15.5. The maximum absolute atomic E-state index is 6.74. The largest absolute Gasteiger partial charge is 0.424 e. The predicted octanol–water partition coefficient (Wildman–Crippen LogP) is 12.8. The van der Waals surface area contributed by atoms with Crippen molar-refractivity contribution in [1.82, 2.24) is 9.97 Å². The summed E-state index contributed by atoms with van der Waals surface area (Å²) in [5.74, 6) is 1.35. The fourth-order valence-corrected chi connectivity index (χ4v) is 8.27. The summed E-state index contributed by atoms with van der Waals surface area (Å²) >= 11 is 3.62. The number of benzene rings is 4. The van der Waals surface area contributed by atoms with E-state index in [9.17, 15) is 0 Å². The number of furan rings is 1. The number of hydrogen-bond acceptors (Lipinski definition) is 7. The molecule has 0 amide bonds. The van der Waals surface area contributed by atoms with E-state index in [0.29, 0.717) is 11.8 Å². The lowest BCUT2D eigenvalue weighted by molar-refractivity contribution is 0.580. The molecule has 4 aromatic carbocycles. The van der Waals surface area contributed by atoms with Crippen LogP contribution in [0.25, 0.3) is 41.1 Å². The van der Waals surface area contributed by atoms with Crippen molar-refractivity contribution in [2.75, 3.05) is 9.80 Å². The van der Waals surface area contributed by atoms with Crippen LogP contribution in [0.3, 0.4) is 0 Å². The molecule has 0 aliphatic heterocycles. The fraction of sp³-hybridized carbons (Fsp3) is 0. The molecule has 0 aliphatic carbocycles. The van der Waals surface area contributed by atoms with Crippen LogP contribution in [0.4, 0.5) is 34.5 Å². The second-order valence-corrected chi connectivity index (χ2v) is 13.8. The van der Waals surface area contributed by atoms with E-state index in [0.717, 1.165) is 22.7 Å².